The van der Waals surface area contributed by atoms with Gasteiger partial charge in [0.15, 0.2) is 0 Å². The van der Waals surface area contributed by atoms with Crippen molar-refractivity contribution in [3.8, 4) is 0 Å². The molecule has 0 atom stereocenters. The Morgan fingerprint density at radius 1 is 1.47 bits per heavy atom. The first-order valence-corrected chi connectivity index (χ1v) is 4.35. The quantitative estimate of drug-likeness (QED) is 0.767. The van der Waals surface area contributed by atoms with Gasteiger partial charge in [0.05, 0.1) is 18.8 Å². The number of amides is 1. The third kappa shape index (κ3) is 2.01. The molecule has 5 nitrogen and oxygen atoms in total. The molecular weight excluding hydrogens is 194 g/mol. The first-order chi connectivity index (χ1) is 7.29. The molecule has 0 radical (unpaired) electrons. The molecule has 76 valence electrons. The van der Waals surface area contributed by atoms with Gasteiger partial charge in [0.2, 0.25) is 0 Å². The van der Waals surface area contributed by atoms with Gasteiger partial charge in [-0.15, -0.1) is 0 Å². The summed E-state index contributed by atoms with van der Waals surface area (Å²) in [6.45, 7) is 0. The number of nitrogens with one attached hydrogen (secondary N) is 1. The average Bonchev–Trinajstić information content (AvgIpc) is 2.29. The molecule has 0 bridgehead atoms. The molecule has 0 saturated carbocycles. The van der Waals surface area contributed by atoms with E-state index in [-0.39, 0.29) is 0 Å². The van der Waals surface area contributed by atoms with Gasteiger partial charge in [-0.25, -0.2) is 9.78 Å². The monoisotopic (exact) mass is 203 g/mol. The van der Waals surface area contributed by atoms with E-state index in [0.717, 1.165) is 10.9 Å². The molecule has 2 rings (SSSR count). The van der Waals surface area contributed by atoms with Crippen LogP contribution in [0.25, 0.3) is 10.9 Å². The Balaban J connectivity index is 2.34. The minimum Gasteiger partial charge on any atom is -0.453 e. The number of hydrogen-bond acceptors (Lipinski definition) is 4. The number of carbonyl (C=O) groups excluding carboxylic acids is 1. The van der Waals surface area contributed by atoms with Crippen LogP contribution in [0, 0.1) is 0 Å². The van der Waals surface area contributed by atoms with Crippen LogP contribution in [0.2, 0.25) is 0 Å². The lowest BCUT2D eigenvalue weighted by Crippen LogP contribution is -2.11. The second kappa shape index (κ2) is 3.91. The highest BCUT2D eigenvalue weighted by atomic mass is 16.5. The number of rotatable bonds is 1. The summed E-state index contributed by atoms with van der Waals surface area (Å²) in [5.74, 6) is 0.447. The Labute approximate surface area is 86.1 Å². The number of carbonyl (C=O) groups is 1. The number of nitrogens with zero attached hydrogens (tertiary/aromatic N) is 2. The van der Waals surface area contributed by atoms with Crippen LogP contribution in [0.15, 0.2) is 30.6 Å². The first-order valence-electron chi connectivity index (χ1n) is 4.35. The van der Waals surface area contributed by atoms with Gasteiger partial charge in [-0.2, -0.15) is 0 Å². The Morgan fingerprint density at radius 3 is 3.13 bits per heavy atom. The van der Waals surface area contributed by atoms with Gasteiger partial charge >= 0.3 is 6.09 Å². The van der Waals surface area contributed by atoms with Gasteiger partial charge in [0.25, 0.3) is 0 Å². The van der Waals surface area contributed by atoms with Crippen molar-refractivity contribution in [3.63, 3.8) is 0 Å². The van der Waals surface area contributed by atoms with Crippen molar-refractivity contribution in [1.82, 2.24) is 9.97 Å². The van der Waals surface area contributed by atoms with Crippen LogP contribution in [-0.2, 0) is 4.74 Å². The van der Waals surface area contributed by atoms with Gasteiger partial charge in [-0.1, -0.05) is 6.07 Å². The van der Waals surface area contributed by atoms with Crippen molar-refractivity contribution in [2.75, 3.05) is 12.4 Å². The van der Waals surface area contributed by atoms with Crippen LogP contribution < -0.4 is 5.32 Å². The van der Waals surface area contributed by atoms with E-state index in [1.165, 1.54) is 7.11 Å². The van der Waals surface area contributed by atoms with E-state index < -0.39 is 6.09 Å². The fourth-order valence-corrected chi connectivity index (χ4v) is 1.20. The Kier molecular flexibility index (Phi) is 2.45. The molecule has 0 aliphatic rings. The van der Waals surface area contributed by atoms with E-state index in [1.54, 1.807) is 18.5 Å². The maximum atomic E-state index is 10.9. The average molecular weight is 203 g/mol. The van der Waals surface area contributed by atoms with E-state index in [9.17, 15) is 4.79 Å². The smallest absolute Gasteiger partial charge is 0.412 e. The molecule has 5 heteroatoms. The molecule has 1 amide bonds. The zero-order valence-electron chi connectivity index (χ0n) is 8.10. The highest BCUT2D eigenvalue weighted by molar-refractivity contribution is 5.87. The Morgan fingerprint density at radius 2 is 2.33 bits per heavy atom. The maximum absolute atomic E-state index is 10.9. The minimum atomic E-state index is -0.536. The number of aromatic nitrogens is 2. The van der Waals surface area contributed by atoms with Crippen molar-refractivity contribution in [3.05, 3.63) is 30.6 Å². The van der Waals surface area contributed by atoms with Crippen LogP contribution in [-0.4, -0.2) is 23.2 Å². The fraction of sp³-hybridized carbons (Fsp3) is 0.100. The maximum Gasteiger partial charge on any atom is 0.412 e. The molecule has 1 N–H and O–H groups in total. The lowest BCUT2D eigenvalue weighted by atomic mass is 10.2. The van der Waals surface area contributed by atoms with Crippen molar-refractivity contribution in [2.24, 2.45) is 0 Å². The van der Waals surface area contributed by atoms with E-state index in [4.69, 9.17) is 0 Å². The van der Waals surface area contributed by atoms with Crippen LogP contribution in [0.3, 0.4) is 0 Å². The summed E-state index contributed by atoms with van der Waals surface area (Å²) in [7, 11) is 1.30. The molecule has 15 heavy (non-hydrogen) atoms. The zero-order chi connectivity index (χ0) is 10.7. The summed E-state index contributed by atoms with van der Waals surface area (Å²) < 4.78 is 4.46. The summed E-state index contributed by atoms with van der Waals surface area (Å²) >= 11 is 0. The minimum absolute atomic E-state index is 0.447. The summed E-state index contributed by atoms with van der Waals surface area (Å²) in [6.07, 6.45) is 2.75. The van der Waals surface area contributed by atoms with Gasteiger partial charge in [-0.05, 0) is 12.1 Å². The second-order valence-corrected chi connectivity index (χ2v) is 2.88. The lowest BCUT2D eigenvalue weighted by molar-refractivity contribution is 0.187. The van der Waals surface area contributed by atoms with Crippen LogP contribution in [0.4, 0.5) is 10.6 Å². The first kappa shape index (κ1) is 9.39. The summed E-state index contributed by atoms with van der Waals surface area (Å²) in [6, 6.07) is 5.45. The molecular formula is C10H9N3O2. The van der Waals surface area contributed by atoms with Crippen LogP contribution >= 0.6 is 0 Å². The van der Waals surface area contributed by atoms with Gasteiger partial charge in [0.1, 0.15) is 5.82 Å². The van der Waals surface area contributed by atoms with Crippen molar-refractivity contribution < 1.29 is 9.53 Å². The van der Waals surface area contributed by atoms with Gasteiger partial charge in [0, 0.05) is 11.6 Å². The summed E-state index contributed by atoms with van der Waals surface area (Å²) in [4.78, 5) is 19.1. The van der Waals surface area contributed by atoms with Crippen LogP contribution in [0.1, 0.15) is 0 Å². The molecule has 0 unspecified atom stereocenters. The number of pyridine rings is 2. The largest absolute Gasteiger partial charge is 0.453 e. The number of anilines is 1. The second-order valence-electron chi connectivity index (χ2n) is 2.88. The molecule has 2 heterocycles. The van der Waals surface area contributed by atoms with Crippen LogP contribution in [0.5, 0.6) is 0 Å². The van der Waals surface area contributed by atoms with Crippen molar-refractivity contribution in [2.45, 2.75) is 0 Å². The third-order valence-corrected chi connectivity index (χ3v) is 1.90. The molecule has 0 aliphatic heterocycles. The number of fused-ring (bicyclic) bond motifs is 1. The van der Waals surface area contributed by atoms with E-state index >= 15 is 0 Å². The number of ether oxygens (including phenoxy) is 1. The number of methoxy groups -OCH3 is 1. The normalized spacial score (nSPS) is 9.93. The third-order valence-electron chi connectivity index (χ3n) is 1.90. The van der Waals surface area contributed by atoms with Gasteiger partial charge in [-0.3, -0.25) is 10.3 Å². The Bertz CT molecular complexity index is 499. The molecule has 0 aromatic carbocycles. The molecule has 0 saturated heterocycles. The fourth-order valence-electron chi connectivity index (χ4n) is 1.20. The molecule has 2 aromatic heterocycles. The predicted molar refractivity (Wildman–Crippen MR) is 55.6 cm³/mol. The van der Waals surface area contributed by atoms with Gasteiger partial charge < -0.3 is 4.74 Å². The predicted octanol–water partition coefficient (Wildman–Crippen LogP) is 1.81. The SMILES string of the molecule is COC(=O)Nc1cc2cccnc2cn1. The summed E-state index contributed by atoms with van der Waals surface area (Å²) in [5, 5.41) is 3.40. The van der Waals surface area contributed by atoms with E-state index in [1.807, 2.05) is 12.1 Å². The van der Waals surface area contributed by atoms with E-state index in [2.05, 4.69) is 20.0 Å². The Hall–Kier alpha value is -2.17. The zero-order valence-corrected chi connectivity index (χ0v) is 8.10. The van der Waals surface area contributed by atoms with Crippen molar-refractivity contribution in [1.29, 1.82) is 0 Å². The highest BCUT2D eigenvalue weighted by Gasteiger charge is 2.02. The molecule has 2 aromatic rings. The molecule has 0 fully saturated rings. The molecule has 0 aliphatic carbocycles. The topological polar surface area (TPSA) is 64.1 Å². The lowest BCUT2D eigenvalue weighted by Gasteiger charge is -2.03. The summed E-state index contributed by atoms with van der Waals surface area (Å²) in [5.41, 5.74) is 0.785. The number of hydrogen-bond donors (Lipinski definition) is 1. The standard InChI is InChI=1S/C10H9N3O2/c1-15-10(14)13-9-5-7-3-2-4-11-8(7)6-12-9/h2-6H,1H3,(H,12,13,14). The highest BCUT2D eigenvalue weighted by Crippen LogP contribution is 2.13. The molecule has 0 spiro atoms. The van der Waals surface area contributed by atoms with Crippen molar-refractivity contribution >= 4 is 22.8 Å². The van der Waals surface area contributed by atoms with E-state index in [0.29, 0.717) is 5.82 Å².